The fourth-order valence-corrected chi connectivity index (χ4v) is 2.12. The molecule has 0 bridgehead atoms. The zero-order valence-corrected chi connectivity index (χ0v) is 23.3. The topological polar surface area (TPSA) is 70.5 Å². The molecule has 0 atom stereocenters. The molecule has 35 heavy (non-hydrogen) atoms. The smallest absolute Gasteiger partial charge is 0.445 e. The van der Waals surface area contributed by atoms with E-state index in [4.69, 9.17) is 11.5 Å². The molecule has 2 aromatic carbocycles. The van der Waals surface area contributed by atoms with Gasteiger partial charge in [0, 0.05) is 21.4 Å². The van der Waals surface area contributed by atoms with Crippen molar-refractivity contribution in [2.45, 2.75) is 34.5 Å². The number of hydrogen-bond acceptors (Lipinski definition) is 4. The molecule has 0 heterocycles. The van der Waals surface area contributed by atoms with Crippen LogP contribution in [-0.4, -0.2) is 20.2 Å². The molecule has 0 aliphatic heterocycles. The molecule has 4 nitrogen and oxygen atoms in total. The van der Waals surface area contributed by atoms with Gasteiger partial charge in [0.05, 0.1) is 0 Å². The SMILES string of the molecule is C.C=C(C)[B-](F)(F)F.C=C(C)c1cc(OC(F)F)ccc1N.Nc1ccc(OC(F)F)cc1Br.[K+]. The molecule has 192 valence electrons. The van der Waals surface area contributed by atoms with E-state index >= 15 is 0 Å². The summed E-state index contributed by atoms with van der Waals surface area (Å²) >= 11 is 3.09. The van der Waals surface area contributed by atoms with Gasteiger partial charge in [0.15, 0.2) is 0 Å². The predicted molar refractivity (Wildman–Crippen MR) is 128 cm³/mol. The summed E-state index contributed by atoms with van der Waals surface area (Å²) in [5, 5.41) is 0. The fraction of sp³-hybridized carbons (Fsp3) is 0.238. The second kappa shape index (κ2) is 18.1. The third-order valence-corrected chi connectivity index (χ3v) is 4.15. The normalized spacial score (nSPS) is 9.94. The van der Waals surface area contributed by atoms with Crippen LogP contribution in [0.25, 0.3) is 5.57 Å². The third-order valence-electron chi connectivity index (χ3n) is 3.47. The summed E-state index contributed by atoms with van der Waals surface area (Å²) < 4.78 is 89.5. The van der Waals surface area contributed by atoms with Crippen LogP contribution >= 0.6 is 15.9 Å². The van der Waals surface area contributed by atoms with Crippen molar-refractivity contribution in [3.63, 3.8) is 0 Å². The van der Waals surface area contributed by atoms with Crippen molar-refractivity contribution in [3.05, 3.63) is 65.1 Å². The molecule has 0 radical (unpaired) electrons. The number of benzene rings is 2. The van der Waals surface area contributed by atoms with Crippen molar-refractivity contribution in [1.82, 2.24) is 0 Å². The van der Waals surface area contributed by atoms with Gasteiger partial charge in [-0.3, -0.25) is 0 Å². The van der Waals surface area contributed by atoms with Crippen LogP contribution in [0.3, 0.4) is 0 Å². The zero-order valence-electron chi connectivity index (χ0n) is 18.6. The van der Waals surface area contributed by atoms with Crippen molar-refractivity contribution in [3.8, 4) is 11.5 Å². The van der Waals surface area contributed by atoms with Gasteiger partial charge in [0.1, 0.15) is 11.5 Å². The van der Waals surface area contributed by atoms with E-state index in [1.165, 1.54) is 36.4 Å². The quantitative estimate of drug-likeness (QED) is 0.274. The van der Waals surface area contributed by atoms with Crippen LogP contribution in [0.2, 0.25) is 0 Å². The summed E-state index contributed by atoms with van der Waals surface area (Å²) in [5.41, 5.74) is 12.7. The molecule has 0 spiro atoms. The Balaban J connectivity index is -0.000000449. The fourth-order valence-electron chi connectivity index (χ4n) is 1.77. The minimum atomic E-state index is -4.75. The van der Waals surface area contributed by atoms with E-state index in [2.05, 4.69) is 38.6 Å². The van der Waals surface area contributed by atoms with E-state index < -0.39 is 25.7 Å². The Morgan fingerprint density at radius 1 is 0.857 bits per heavy atom. The Kier molecular flexibility index (Phi) is 19.8. The summed E-state index contributed by atoms with van der Waals surface area (Å²) in [6.07, 6.45) is 0. The number of ether oxygens (including phenoxy) is 2. The van der Waals surface area contributed by atoms with Crippen LogP contribution in [0.1, 0.15) is 26.8 Å². The van der Waals surface area contributed by atoms with Crippen LogP contribution in [0, 0.1) is 0 Å². The zero-order chi connectivity index (χ0) is 25.9. The monoisotopic (exact) mass is 600 g/mol. The molecule has 2 rings (SSSR count). The Labute approximate surface area is 251 Å². The van der Waals surface area contributed by atoms with Crippen LogP contribution in [0.15, 0.2) is 59.5 Å². The number of hydrogen-bond donors (Lipinski definition) is 2. The van der Waals surface area contributed by atoms with Gasteiger partial charge in [0.2, 0.25) is 0 Å². The van der Waals surface area contributed by atoms with Gasteiger partial charge in [-0.15, -0.1) is 12.1 Å². The van der Waals surface area contributed by atoms with Crippen LogP contribution < -0.4 is 72.3 Å². The van der Waals surface area contributed by atoms with Crippen molar-refractivity contribution in [1.29, 1.82) is 0 Å². The van der Waals surface area contributed by atoms with Gasteiger partial charge in [-0.05, 0) is 64.8 Å². The summed E-state index contributed by atoms with van der Waals surface area (Å²) in [6.45, 7) is -1.26. The standard InChI is InChI=1S/C10H11F2NO.C7H6BrF2NO.C3H5BF3.CH4.K/c1-6(2)8-5-7(14-10(11)12)3-4-9(8)13;8-5-3-4(12-7(9)10)1-2-6(5)11;1-3(2)4(5,6)7;;/h3-5,10H,1,13H2,2H3;1-3,7H,11H2;1H2,2H3;1H4;/q;;-1;;+1. The number of nitrogen functional groups attached to an aromatic ring is 2. The molecule has 0 aromatic heterocycles. The first kappa shape index (κ1) is 38.3. The number of allylic oxidation sites excluding steroid dienone is 2. The first-order valence-electron chi connectivity index (χ1n) is 8.90. The van der Waals surface area contributed by atoms with Gasteiger partial charge >= 0.3 is 71.6 Å². The summed E-state index contributed by atoms with van der Waals surface area (Å²) in [6, 6.07) is 8.62. The van der Waals surface area contributed by atoms with Crippen molar-refractivity contribution >= 4 is 39.9 Å². The maximum Gasteiger partial charge on any atom is 1.00 e. The van der Waals surface area contributed by atoms with E-state index in [9.17, 15) is 30.5 Å². The van der Waals surface area contributed by atoms with Gasteiger partial charge in [-0.25, -0.2) is 0 Å². The Hall–Kier alpha value is -1.19. The van der Waals surface area contributed by atoms with Crippen molar-refractivity contribution in [2.75, 3.05) is 11.5 Å². The summed E-state index contributed by atoms with van der Waals surface area (Å²) in [4.78, 5) is 0. The number of rotatable bonds is 6. The third kappa shape index (κ3) is 17.0. The van der Waals surface area contributed by atoms with E-state index in [-0.39, 0.29) is 70.3 Å². The Bertz CT molecular complexity index is 948. The second-order valence-electron chi connectivity index (χ2n) is 6.39. The number of nitrogens with two attached hydrogens (primary N) is 2. The van der Waals surface area contributed by atoms with E-state index in [1.54, 1.807) is 6.92 Å². The van der Waals surface area contributed by atoms with Gasteiger partial charge in [-0.1, -0.05) is 20.9 Å². The van der Waals surface area contributed by atoms with Crippen molar-refractivity contribution < 1.29 is 91.4 Å². The van der Waals surface area contributed by atoms with Gasteiger partial charge in [-0.2, -0.15) is 17.6 Å². The molecular weight excluding hydrogens is 575 g/mol. The van der Waals surface area contributed by atoms with Gasteiger partial charge in [0.25, 0.3) is 0 Å². The van der Waals surface area contributed by atoms with Crippen LogP contribution in [0.5, 0.6) is 11.5 Å². The molecule has 0 unspecified atom stereocenters. The first-order chi connectivity index (χ1) is 15.0. The number of alkyl halides is 4. The number of anilines is 2. The molecule has 14 heteroatoms. The van der Waals surface area contributed by atoms with Crippen LogP contribution in [0.4, 0.5) is 41.9 Å². The van der Waals surface area contributed by atoms with Crippen molar-refractivity contribution in [2.24, 2.45) is 0 Å². The molecule has 0 aliphatic rings. The molecule has 0 aliphatic carbocycles. The van der Waals surface area contributed by atoms with Crippen LogP contribution in [-0.2, 0) is 0 Å². The molecule has 0 saturated carbocycles. The van der Waals surface area contributed by atoms with E-state index in [0.29, 0.717) is 27.0 Å². The van der Waals surface area contributed by atoms with E-state index in [0.717, 1.165) is 6.92 Å². The minimum Gasteiger partial charge on any atom is -0.445 e. The minimum absolute atomic E-state index is 0. The Morgan fingerprint density at radius 2 is 1.23 bits per heavy atom. The molecule has 4 N–H and O–H groups in total. The maximum absolute atomic E-state index is 11.9. The predicted octanol–water partition coefficient (Wildman–Crippen LogP) is 5.13. The maximum atomic E-state index is 11.9. The molecule has 0 fully saturated rings. The molecular formula is C21H26BBrF7KN2O2. The van der Waals surface area contributed by atoms with E-state index in [1.807, 2.05) is 0 Å². The average molecular weight is 601 g/mol. The largest absolute Gasteiger partial charge is 1.00 e. The average Bonchev–Trinajstić information content (AvgIpc) is 2.65. The molecule has 0 saturated heterocycles. The summed E-state index contributed by atoms with van der Waals surface area (Å²) in [7, 11) is 0. The first-order valence-corrected chi connectivity index (χ1v) is 9.69. The molecule has 2 aromatic rings. The second-order valence-corrected chi connectivity index (χ2v) is 7.25. The van der Waals surface area contributed by atoms with Gasteiger partial charge < -0.3 is 33.9 Å². The Morgan fingerprint density at radius 3 is 1.54 bits per heavy atom. The summed E-state index contributed by atoms with van der Waals surface area (Å²) in [5.74, 6) is 0.179. The number of halogens is 8. The molecule has 0 amide bonds.